The van der Waals surface area contributed by atoms with Crippen LogP contribution in [0.25, 0.3) is 0 Å². The fourth-order valence-corrected chi connectivity index (χ4v) is 4.67. The highest BCUT2D eigenvalue weighted by atomic mass is 32.1. The SMILES string of the molecule is CCN1CCC2(CCC1=O)CN(C(=O)CCc1csc(N)n1)CCN2C. The zero-order valence-corrected chi connectivity index (χ0v) is 16.6. The van der Waals surface area contributed by atoms with Crippen molar-refractivity contribution in [3.05, 3.63) is 11.1 Å². The smallest absolute Gasteiger partial charge is 0.223 e. The van der Waals surface area contributed by atoms with Crippen molar-refractivity contribution in [3.8, 4) is 0 Å². The average Bonchev–Trinajstić information content (AvgIpc) is 2.98. The number of nitrogens with zero attached hydrogens (tertiary/aromatic N) is 4. The summed E-state index contributed by atoms with van der Waals surface area (Å²) in [6.45, 7) is 5.89. The number of amides is 2. The van der Waals surface area contributed by atoms with Gasteiger partial charge in [-0.3, -0.25) is 14.5 Å². The molecule has 1 atom stereocenters. The Morgan fingerprint density at radius 3 is 2.85 bits per heavy atom. The van der Waals surface area contributed by atoms with Gasteiger partial charge in [-0.2, -0.15) is 0 Å². The van der Waals surface area contributed by atoms with E-state index in [1.807, 2.05) is 22.1 Å². The number of nitrogen functional groups attached to an aromatic ring is 1. The van der Waals surface area contributed by atoms with Crippen LogP contribution in [0.2, 0.25) is 0 Å². The fraction of sp³-hybridized carbons (Fsp3) is 0.722. The number of thiazole rings is 1. The van der Waals surface area contributed by atoms with E-state index < -0.39 is 0 Å². The zero-order chi connectivity index (χ0) is 18.7. The number of likely N-dealkylation sites (N-methyl/N-ethyl adjacent to an activating group) is 1. The number of aryl methyl sites for hydroxylation is 1. The molecular weight excluding hydrogens is 350 g/mol. The molecule has 0 aromatic carbocycles. The van der Waals surface area contributed by atoms with Gasteiger partial charge in [-0.05, 0) is 33.2 Å². The van der Waals surface area contributed by atoms with Crippen LogP contribution in [0.15, 0.2) is 5.38 Å². The fourth-order valence-electron chi connectivity index (χ4n) is 4.07. The number of anilines is 1. The number of hydrogen-bond acceptors (Lipinski definition) is 6. The Bertz CT molecular complexity index is 664. The van der Waals surface area contributed by atoms with Gasteiger partial charge in [0.05, 0.1) is 5.69 Å². The second-order valence-corrected chi connectivity index (χ2v) is 8.25. The number of piperazine rings is 1. The molecule has 2 aliphatic heterocycles. The third-order valence-electron chi connectivity index (χ3n) is 5.90. The van der Waals surface area contributed by atoms with E-state index in [2.05, 4.69) is 16.9 Å². The third-order valence-corrected chi connectivity index (χ3v) is 6.63. The number of hydrogen-bond donors (Lipinski definition) is 1. The summed E-state index contributed by atoms with van der Waals surface area (Å²) < 4.78 is 0. The van der Waals surface area contributed by atoms with Gasteiger partial charge in [-0.15, -0.1) is 11.3 Å². The second kappa shape index (κ2) is 7.92. The van der Waals surface area contributed by atoms with Crippen molar-refractivity contribution in [1.29, 1.82) is 0 Å². The Morgan fingerprint density at radius 2 is 2.15 bits per heavy atom. The van der Waals surface area contributed by atoms with Crippen LogP contribution in [0.4, 0.5) is 5.13 Å². The van der Waals surface area contributed by atoms with E-state index in [1.165, 1.54) is 11.3 Å². The van der Waals surface area contributed by atoms with Crippen LogP contribution in [0.1, 0.15) is 38.3 Å². The van der Waals surface area contributed by atoms with Gasteiger partial charge >= 0.3 is 0 Å². The summed E-state index contributed by atoms with van der Waals surface area (Å²) in [5.41, 5.74) is 6.47. The molecule has 8 heteroatoms. The van der Waals surface area contributed by atoms with E-state index in [9.17, 15) is 9.59 Å². The lowest BCUT2D eigenvalue weighted by atomic mass is 9.86. The van der Waals surface area contributed by atoms with Crippen molar-refractivity contribution in [1.82, 2.24) is 19.7 Å². The molecule has 0 saturated carbocycles. The highest BCUT2D eigenvalue weighted by Crippen LogP contribution is 2.32. The molecule has 0 aliphatic carbocycles. The molecule has 1 aromatic rings. The Balaban J connectivity index is 1.63. The number of carbonyl (C=O) groups is 2. The first-order valence-corrected chi connectivity index (χ1v) is 10.3. The van der Waals surface area contributed by atoms with Crippen molar-refractivity contribution >= 4 is 28.3 Å². The van der Waals surface area contributed by atoms with Crippen LogP contribution in [0.5, 0.6) is 0 Å². The van der Waals surface area contributed by atoms with Crippen molar-refractivity contribution in [2.45, 2.75) is 44.6 Å². The maximum Gasteiger partial charge on any atom is 0.223 e. The number of likely N-dealkylation sites (tertiary alicyclic amines) is 1. The van der Waals surface area contributed by atoms with Crippen molar-refractivity contribution < 1.29 is 9.59 Å². The number of nitrogens with two attached hydrogens (primary N) is 1. The maximum atomic E-state index is 12.8. The molecule has 1 aromatic heterocycles. The first kappa shape index (κ1) is 19.1. The Hall–Kier alpha value is -1.67. The largest absolute Gasteiger partial charge is 0.375 e. The van der Waals surface area contributed by atoms with Crippen LogP contribution in [0.3, 0.4) is 0 Å². The van der Waals surface area contributed by atoms with Gasteiger partial charge in [-0.25, -0.2) is 4.98 Å². The molecule has 3 rings (SSSR count). The molecule has 2 amide bonds. The first-order valence-electron chi connectivity index (χ1n) is 9.40. The summed E-state index contributed by atoms with van der Waals surface area (Å²) in [4.78, 5) is 35.6. The Kier molecular flexibility index (Phi) is 5.82. The van der Waals surface area contributed by atoms with Gasteiger partial charge < -0.3 is 15.5 Å². The van der Waals surface area contributed by atoms with Crippen molar-refractivity contribution in [2.24, 2.45) is 0 Å². The molecule has 2 saturated heterocycles. The Morgan fingerprint density at radius 1 is 1.35 bits per heavy atom. The van der Waals surface area contributed by atoms with Crippen molar-refractivity contribution in [2.75, 3.05) is 45.5 Å². The minimum atomic E-state index is -0.0848. The van der Waals surface area contributed by atoms with E-state index >= 15 is 0 Å². The molecule has 0 radical (unpaired) electrons. The number of carbonyl (C=O) groups excluding carboxylic acids is 2. The number of rotatable bonds is 4. The lowest BCUT2D eigenvalue weighted by molar-refractivity contribution is -0.136. The normalized spacial score (nSPS) is 24.9. The summed E-state index contributed by atoms with van der Waals surface area (Å²) in [6, 6.07) is 0. The standard InChI is InChI=1S/C18H29N5O2S/c1-3-22-9-8-18(7-6-16(22)25)13-23(11-10-21(18)2)15(24)5-4-14-12-26-17(19)20-14/h12H,3-11,13H2,1-2H3,(H2,19,20). The van der Waals surface area contributed by atoms with Gasteiger partial charge in [0.2, 0.25) is 11.8 Å². The minimum Gasteiger partial charge on any atom is -0.375 e. The lowest BCUT2D eigenvalue weighted by Crippen LogP contribution is -2.62. The van der Waals surface area contributed by atoms with E-state index in [-0.39, 0.29) is 17.4 Å². The molecule has 2 fully saturated rings. The van der Waals surface area contributed by atoms with E-state index in [4.69, 9.17) is 5.73 Å². The predicted octanol–water partition coefficient (Wildman–Crippen LogP) is 1.20. The van der Waals surface area contributed by atoms with Crippen molar-refractivity contribution in [3.63, 3.8) is 0 Å². The topological polar surface area (TPSA) is 82.8 Å². The first-order chi connectivity index (χ1) is 12.4. The molecule has 2 aliphatic rings. The zero-order valence-electron chi connectivity index (χ0n) is 15.7. The van der Waals surface area contributed by atoms with E-state index in [0.29, 0.717) is 30.9 Å². The van der Waals surface area contributed by atoms with Crippen LogP contribution in [0, 0.1) is 0 Å². The summed E-state index contributed by atoms with van der Waals surface area (Å²) in [5, 5.41) is 2.47. The van der Waals surface area contributed by atoms with E-state index in [1.54, 1.807) is 0 Å². The van der Waals surface area contributed by atoms with E-state index in [0.717, 1.165) is 44.7 Å². The summed E-state index contributed by atoms with van der Waals surface area (Å²) in [5.74, 6) is 0.411. The molecule has 144 valence electrons. The van der Waals surface area contributed by atoms with Crippen LogP contribution < -0.4 is 5.73 Å². The third kappa shape index (κ3) is 4.01. The molecular formula is C18H29N5O2S. The quantitative estimate of drug-likeness (QED) is 0.850. The second-order valence-electron chi connectivity index (χ2n) is 7.36. The summed E-state index contributed by atoms with van der Waals surface area (Å²) in [6.07, 6.45) is 3.41. The summed E-state index contributed by atoms with van der Waals surface area (Å²) in [7, 11) is 2.13. The monoisotopic (exact) mass is 379 g/mol. The van der Waals surface area contributed by atoms with Crippen LogP contribution in [-0.2, 0) is 16.0 Å². The van der Waals surface area contributed by atoms with Gasteiger partial charge in [0.25, 0.3) is 0 Å². The summed E-state index contributed by atoms with van der Waals surface area (Å²) >= 11 is 1.41. The molecule has 26 heavy (non-hydrogen) atoms. The molecule has 1 unspecified atom stereocenters. The minimum absolute atomic E-state index is 0.0848. The lowest BCUT2D eigenvalue weighted by Gasteiger charge is -2.49. The predicted molar refractivity (Wildman–Crippen MR) is 103 cm³/mol. The molecule has 7 nitrogen and oxygen atoms in total. The average molecular weight is 380 g/mol. The van der Waals surface area contributed by atoms with Gasteiger partial charge in [0.1, 0.15) is 0 Å². The van der Waals surface area contributed by atoms with Gasteiger partial charge in [-0.1, -0.05) is 0 Å². The van der Waals surface area contributed by atoms with Crippen LogP contribution >= 0.6 is 11.3 Å². The van der Waals surface area contributed by atoms with Crippen LogP contribution in [-0.4, -0.2) is 76.8 Å². The van der Waals surface area contributed by atoms with Gasteiger partial charge in [0.15, 0.2) is 5.13 Å². The van der Waals surface area contributed by atoms with Gasteiger partial charge in [0, 0.05) is 56.5 Å². The Labute approximate surface area is 159 Å². The molecule has 1 spiro atoms. The molecule has 0 bridgehead atoms. The molecule has 3 heterocycles. The number of aromatic nitrogens is 1. The highest BCUT2D eigenvalue weighted by Gasteiger charge is 2.43. The maximum absolute atomic E-state index is 12.8. The highest BCUT2D eigenvalue weighted by molar-refractivity contribution is 7.13. The molecule has 2 N–H and O–H groups in total.